The normalized spacial score (nSPS) is 11.2. The lowest BCUT2D eigenvalue weighted by Crippen LogP contribution is -2.44. The summed E-state index contributed by atoms with van der Waals surface area (Å²) >= 11 is 0. The monoisotopic (exact) mass is 297 g/mol. The van der Waals surface area contributed by atoms with Crippen molar-refractivity contribution in [1.82, 2.24) is 14.8 Å². The molecule has 118 valence electrons. The van der Waals surface area contributed by atoms with Gasteiger partial charge in [-0.25, -0.2) is 4.98 Å². The fourth-order valence-electron chi connectivity index (χ4n) is 2.24. The molecule has 0 aliphatic heterocycles. The maximum atomic E-state index is 12.4. The molecule has 0 radical (unpaired) electrons. The number of carbonyl (C=O) groups excluding carboxylic acids is 2. The van der Waals surface area contributed by atoms with Crippen LogP contribution < -0.4 is 0 Å². The van der Waals surface area contributed by atoms with Gasteiger partial charge in [0.05, 0.1) is 13.2 Å². The lowest BCUT2D eigenvalue weighted by molar-refractivity contribution is -0.173. The van der Waals surface area contributed by atoms with Gasteiger partial charge in [0.2, 0.25) is 0 Å². The summed E-state index contributed by atoms with van der Waals surface area (Å²) in [6.07, 6.45) is 2.50. The first-order chi connectivity index (χ1) is 10.0. The molecule has 0 spiro atoms. The summed E-state index contributed by atoms with van der Waals surface area (Å²) in [6, 6.07) is 0. The highest BCUT2D eigenvalue weighted by Crippen LogP contribution is 2.32. The van der Waals surface area contributed by atoms with Crippen LogP contribution in [0.4, 0.5) is 0 Å². The Kier molecular flexibility index (Phi) is 6.33. The number of carbonyl (C=O) groups is 2. The Labute approximate surface area is 124 Å². The number of hydrogen-bond acceptors (Lipinski definition) is 6. The van der Waals surface area contributed by atoms with Gasteiger partial charge in [0.1, 0.15) is 12.2 Å². The zero-order chi connectivity index (χ0) is 15.9. The average molecular weight is 297 g/mol. The summed E-state index contributed by atoms with van der Waals surface area (Å²) in [5, 5.41) is 3.97. The average Bonchev–Trinajstić information content (AvgIpc) is 2.84. The third-order valence-electron chi connectivity index (χ3n) is 3.27. The highest BCUT2D eigenvalue weighted by Gasteiger charge is 2.49. The van der Waals surface area contributed by atoms with E-state index in [2.05, 4.69) is 10.1 Å². The Bertz CT molecular complexity index is 466. The van der Waals surface area contributed by atoms with Gasteiger partial charge in [-0.05, 0) is 20.3 Å². The topological polar surface area (TPSA) is 83.3 Å². The third-order valence-corrected chi connectivity index (χ3v) is 3.27. The van der Waals surface area contributed by atoms with E-state index < -0.39 is 17.4 Å². The third kappa shape index (κ3) is 3.80. The zero-order valence-electron chi connectivity index (χ0n) is 13.1. The van der Waals surface area contributed by atoms with Gasteiger partial charge in [-0.3, -0.25) is 14.3 Å². The van der Waals surface area contributed by atoms with Crippen molar-refractivity contribution in [3.05, 3.63) is 12.2 Å². The van der Waals surface area contributed by atoms with Crippen LogP contribution in [-0.4, -0.2) is 39.9 Å². The summed E-state index contributed by atoms with van der Waals surface area (Å²) < 4.78 is 11.8. The smallest absolute Gasteiger partial charge is 0.323 e. The molecule has 1 aromatic rings. The number of ether oxygens (including phenoxy) is 2. The van der Waals surface area contributed by atoms with Crippen LogP contribution in [0, 0.1) is 5.41 Å². The van der Waals surface area contributed by atoms with Crippen LogP contribution in [0.25, 0.3) is 0 Å². The fourth-order valence-corrected chi connectivity index (χ4v) is 2.24. The molecule has 1 rings (SSSR count). The highest BCUT2D eigenvalue weighted by atomic mass is 16.6. The van der Waals surface area contributed by atoms with Gasteiger partial charge in [0, 0.05) is 13.5 Å². The molecule has 0 saturated carbocycles. The maximum absolute atomic E-state index is 12.4. The molecule has 0 atom stereocenters. The predicted octanol–water partition coefficient (Wildman–Crippen LogP) is 1.27. The zero-order valence-corrected chi connectivity index (χ0v) is 13.1. The number of esters is 2. The minimum atomic E-state index is -1.36. The van der Waals surface area contributed by atoms with E-state index >= 15 is 0 Å². The molecule has 0 aliphatic rings. The molecule has 0 saturated heterocycles. The van der Waals surface area contributed by atoms with Crippen molar-refractivity contribution in [2.24, 2.45) is 12.5 Å². The van der Waals surface area contributed by atoms with Crippen molar-refractivity contribution in [2.75, 3.05) is 13.2 Å². The van der Waals surface area contributed by atoms with Crippen LogP contribution in [-0.2, 0) is 32.5 Å². The summed E-state index contributed by atoms with van der Waals surface area (Å²) in [4.78, 5) is 29.0. The quantitative estimate of drug-likeness (QED) is 0.531. The van der Waals surface area contributed by atoms with E-state index in [1.165, 1.54) is 6.33 Å². The molecule has 21 heavy (non-hydrogen) atoms. The molecule has 7 nitrogen and oxygen atoms in total. The molecule has 0 fully saturated rings. The second kappa shape index (κ2) is 7.75. The van der Waals surface area contributed by atoms with Gasteiger partial charge in [0.15, 0.2) is 5.41 Å². The largest absolute Gasteiger partial charge is 0.465 e. The van der Waals surface area contributed by atoms with E-state index in [1.807, 2.05) is 6.92 Å². The second-order valence-corrected chi connectivity index (χ2v) is 4.75. The molecule has 1 aromatic heterocycles. The number of aryl methyl sites for hydroxylation is 1. The van der Waals surface area contributed by atoms with Gasteiger partial charge in [-0.2, -0.15) is 5.10 Å². The first kappa shape index (κ1) is 17.1. The molecule has 0 aliphatic carbocycles. The van der Waals surface area contributed by atoms with Crippen molar-refractivity contribution >= 4 is 11.9 Å². The number of aromatic nitrogens is 3. The minimum absolute atomic E-state index is 0.120. The van der Waals surface area contributed by atoms with Gasteiger partial charge in [-0.15, -0.1) is 0 Å². The van der Waals surface area contributed by atoms with E-state index in [-0.39, 0.29) is 19.6 Å². The Morgan fingerprint density at radius 3 is 2.14 bits per heavy atom. The predicted molar refractivity (Wildman–Crippen MR) is 75.3 cm³/mol. The van der Waals surface area contributed by atoms with Crippen LogP contribution in [0.2, 0.25) is 0 Å². The van der Waals surface area contributed by atoms with Gasteiger partial charge >= 0.3 is 11.9 Å². The lowest BCUT2D eigenvalue weighted by atomic mass is 9.79. The highest BCUT2D eigenvalue weighted by molar-refractivity contribution is 6.00. The van der Waals surface area contributed by atoms with E-state index in [0.29, 0.717) is 18.7 Å². The Hall–Kier alpha value is -1.92. The van der Waals surface area contributed by atoms with Crippen LogP contribution in [0.15, 0.2) is 6.33 Å². The van der Waals surface area contributed by atoms with Crippen molar-refractivity contribution in [3.8, 4) is 0 Å². The number of hydrogen-bond donors (Lipinski definition) is 0. The molecule has 0 bridgehead atoms. The van der Waals surface area contributed by atoms with Crippen molar-refractivity contribution in [2.45, 2.75) is 40.0 Å². The summed E-state index contributed by atoms with van der Waals surface area (Å²) in [6.45, 7) is 5.75. The fraction of sp³-hybridized carbons (Fsp3) is 0.714. The van der Waals surface area contributed by atoms with Crippen molar-refractivity contribution in [1.29, 1.82) is 0 Å². The van der Waals surface area contributed by atoms with E-state index in [4.69, 9.17) is 9.47 Å². The first-order valence-corrected chi connectivity index (χ1v) is 7.19. The van der Waals surface area contributed by atoms with E-state index in [9.17, 15) is 9.59 Å². The van der Waals surface area contributed by atoms with Crippen LogP contribution >= 0.6 is 0 Å². The number of nitrogens with zero attached hydrogens (tertiary/aromatic N) is 3. The molecule has 1 heterocycles. The summed E-state index contributed by atoms with van der Waals surface area (Å²) in [5.41, 5.74) is -1.36. The van der Waals surface area contributed by atoms with Crippen LogP contribution in [0.3, 0.4) is 0 Å². The van der Waals surface area contributed by atoms with E-state index in [0.717, 1.165) is 0 Å². The van der Waals surface area contributed by atoms with Gasteiger partial charge in [0.25, 0.3) is 0 Å². The van der Waals surface area contributed by atoms with Crippen LogP contribution in [0.1, 0.15) is 39.4 Å². The molecular formula is C14H23N3O4. The molecule has 0 N–H and O–H groups in total. The van der Waals surface area contributed by atoms with Gasteiger partial charge < -0.3 is 9.47 Å². The van der Waals surface area contributed by atoms with Crippen molar-refractivity contribution in [3.63, 3.8) is 0 Å². The Balaban J connectivity index is 3.19. The molecule has 0 amide bonds. The maximum Gasteiger partial charge on any atom is 0.323 e. The summed E-state index contributed by atoms with van der Waals surface area (Å²) in [7, 11) is 1.72. The molecule has 7 heteroatoms. The van der Waals surface area contributed by atoms with E-state index in [1.54, 1.807) is 25.6 Å². The SMILES string of the molecule is CCCC(Cc1ncnn1C)(C(=O)OCC)C(=O)OCC. The standard InChI is InChI=1S/C14H23N3O4/c1-5-8-14(12(18)20-6-2,13(19)21-7-3)9-11-15-10-16-17(11)4/h10H,5-9H2,1-4H3. The Morgan fingerprint density at radius 2 is 1.76 bits per heavy atom. The summed E-state index contributed by atoms with van der Waals surface area (Å²) in [5.74, 6) is -0.578. The molecule has 0 unspecified atom stereocenters. The second-order valence-electron chi connectivity index (χ2n) is 4.75. The minimum Gasteiger partial charge on any atom is -0.465 e. The molecular weight excluding hydrogens is 274 g/mol. The lowest BCUT2D eigenvalue weighted by Gasteiger charge is -2.28. The number of rotatable bonds is 8. The Morgan fingerprint density at radius 1 is 1.19 bits per heavy atom. The van der Waals surface area contributed by atoms with Gasteiger partial charge in [-0.1, -0.05) is 13.3 Å². The van der Waals surface area contributed by atoms with Crippen molar-refractivity contribution < 1.29 is 19.1 Å². The first-order valence-electron chi connectivity index (χ1n) is 7.19. The van der Waals surface area contributed by atoms with Crippen LogP contribution in [0.5, 0.6) is 0 Å². The molecule has 0 aromatic carbocycles.